The Balaban J connectivity index is 2.44. The Kier molecular flexibility index (Phi) is 6.96. The van der Waals surface area contributed by atoms with Crippen LogP contribution in [-0.4, -0.2) is 34.1 Å². The maximum Gasteiger partial charge on any atom is 0.303 e. The molecular formula is C13H17N3O4S. The lowest BCUT2D eigenvalue weighted by Gasteiger charge is -2.07. The third kappa shape index (κ3) is 7.11. The number of aromatic hydroxyl groups is 1. The number of rotatable bonds is 8. The number of nitrogens with two attached hydrogens (primary N) is 1. The number of phenolic OH excluding ortho intramolecular Hbond substituents is 1. The van der Waals surface area contributed by atoms with Crippen LogP contribution in [0.25, 0.3) is 0 Å². The Hall–Kier alpha value is -2.35. The summed E-state index contributed by atoms with van der Waals surface area (Å²) in [4.78, 5) is 10.3. The Morgan fingerprint density at radius 2 is 2.24 bits per heavy atom. The first-order valence-corrected chi connectivity index (χ1v) is 6.66. The highest BCUT2D eigenvalue weighted by Gasteiger charge is 2.02. The fraction of sp³-hybridized carbons (Fsp3) is 0.308. The molecule has 1 rings (SSSR count). The van der Waals surface area contributed by atoms with Gasteiger partial charge in [0.2, 0.25) is 0 Å². The van der Waals surface area contributed by atoms with Crippen LogP contribution in [0.2, 0.25) is 0 Å². The van der Waals surface area contributed by atoms with E-state index in [9.17, 15) is 9.90 Å². The van der Waals surface area contributed by atoms with Crippen molar-refractivity contribution in [2.75, 3.05) is 6.61 Å². The van der Waals surface area contributed by atoms with Crippen LogP contribution >= 0.6 is 12.2 Å². The summed E-state index contributed by atoms with van der Waals surface area (Å²) in [5.41, 5.74) is 8.07. The van der Waals surface area contributed by atoms with E-state index in [0.717, 1.165) is 0 Å². The highest BCUT2D eigenvalue weighted by molar-refractivity contribution is 7.80. The van der Waals surface area contributed by atoms with Gasteiger partial charge >= 0.3 is 5.97 Å². The zero-order chi connectivity index (χ0) is 15.7. The van der Waals surface area contributed by atoms with Crippen LogP contribution in [-0.2, 0) is 4.79 Å². The topological polar surface area (TPSA) is 117 Å². The Bertz CT molecular complexity index is 534. The molecular weight excluding hydrogens is 294 g/mol. The number of carboxylic acid groups (broad SMARTS) is 1. The van der Waals surface area contributed by atoms with Gasteiger partial charge in [0.05, 0.1) is 12.8 Å². The molecule has 0 aliphatic heterocycles. The number of benzene rings is 1. The second kappa shape index (κ2) is 8.75. The van der Waals surface area contributed by atoms with Crippen LogP contribution in [0, 0.1) is 0 Å². The molecule has 1 aromatic rings. The Morgan fingerprint density at radius 3 is 2.86 bits per heavy atom. The van der Waals surface area contributed by atoms with Gasteiger partial charge in [0.25, 0.3) is 0 Å². The van der Waals surface area contributed by atoms with E-state index in [4.69, 9.17) is 15.6 Å². The molecule has 8 heteroatoms. The average molecular weight is 311 g/mol. The second-order valence-corrected chi connectivity index (χ2v) is 4.59. The van der Waals surface area contributed by atoms with Gasteiger partial charge in [-0.3, -0.25) is 10.2 Å². The first-order chi connectivity index (χ1) is 9.99. The molecule has 21 heavy (non-hydrogen) atoms. The number of nitrogens with zero attached hydrogens (tertiary/aromatic N) is 1. The summed E-state index contributed by atoms with van der Waals surface area (Å²) in [5, 5.41) is 22.1. The lowest BCUT2D eigenvalue weighted by Crippen LogP contribution is -2.23. The largest absolute Gasteiger partial charge is 0.507 e. The van der Waals surface area contributed by atoms with E-state index in [1.807, 2.05) is 0 Å². The fourth-order valence-electron chi connectivity index (χ4n) is 1.46. The van der Waals surface area contributed by atoms with Crippen LogP contribution in [0.3, 0.4) is 0 Å². The van der Waals surface area contributed by atoms with Gasteiger partial charge in [-0.15, -0.1) is 0 Å². The summed E-state index contributed by atoms with van der Waals surface area (Å²) < 4.78 is 5.41. The van der Waals surface area contributed by atoms with Gasteiger partial charge in [0.15, 0.2) is 5.11 Å². The van der Waals surface area contributed by atoms with Crippen LogP contribution in [0.15, 0.2) is 23.3 Å². The van der Waals surface area contributed by atoms with E-state index in [0.29, 0.717) is 30.8 Å². The predicted molar refractivity (Wildman–Crippen MR) is 82.6 cm³/mol. The van der Waals surface area contributed by atoms with Crippen molar-refractivity contribution < 1.29 is 19.7 Å². The number of ether oxygens (including phenoxy) is 1. The molecule has 0 spiro atoms. The van der Waals surface area contributed by atoms with E-state index in [1.165, 1.54) is 12.3 Å². The van der Waals surface area contributed by atoms with E-state index in [-0.39, 0.29) is 17.3 Å². The lowest BCUT2D eigenvalue weighted by molar-refractivity contribution is -0.137. The number of thiocarbonyl (C=S) groups is 1. The van der Waals surface area contributed by atoms with E-state index in [2.05, 4.69) is 22.7 Å². The van der Waals surface area contributed by atoms with Crippen molar-refractivity contribution in [2.45, 2.75) is 19.3 Å². The van der Waals surface area contributed by atoms with Crippen molar-refractivity contribution in [3.63, 3.8) is 0 Å². The molecule has 5 N–H and O–H groups in total. The number of aliphatic carboxylic acids is 1. The minimum absolute atomic E-state index is 0.00604. The molecule has 0 aliphatic carbocycles. The van der Waals surface area contributed by atoms with Gasteiger partial charge < -0.3 is 20.7 Å². The molecule has 0 atom stereocenters. The van der Waals surface area contributed by atoms with Gasteiger partial charge in [-0.1, -0.05) is 0 Å². The smallest absolute Gasteiger partial charge is 0.303 e. The van der Waals surface area contributed by atoms with Gasteiger partial charge in [-0.25, -0.2) is 0 Å². The predicted octanol–water partition coefficient (Wildman–Crippen LogP) is 1.19. The number of hydrogen-bond donors (Lipinski definition) is 4. The normalized spacial score (nSPS) is 10.5. The van der Waals surface area contributed by atoms with Crippen LogP contribution < -0.4 is 15.9 Å². The van der Waals surface area contributed by atoms with Crippen molar-refractivity contribution >= 4 is 29.5 Å². The molecule has 0 heterocycles. The van der Waals surface area contributed by atoms with Crippen molar-refractivity contribution in [1.82, 2.24) is 5.43 Å². The number of unbranched alkanes of at least 4 members (excludes halogenated alkanes) is 1. The van der Waals surface area contributed by atoms with Crippen molar-refractivity contribution in [3.05, 3.63) is 23.8 Å². The quantitative estimate of drug-likeness (QED) is 0.246. The number of phenols is 1. The summed E-state index contributed by atoms with van der Waals surface area (Å²) in [7, 11) is 0. The number of carboxylic acids is 1. The van der Waals surface area contributed by atoms with E-state index in [1.54, 1.807) is 12.1 Å². The van der Waals surface area contributed by atoms with Gasteiger partial charge in [0.1, 0.15) is 11.5 Å². The molecule has 0 fully saturated rings. The molecule has 0 saturated heterocycles. The highest BCUT2D eigenvalue weighted by atomic mass is 32.1. The maximum absolute atomic E-state index is 10.3. The molecule has 1 aromatic carbocycles. The van der Waals surface area contributed by atoms with E-state index >= 15 is 0 Å². The van der Waals surface area contributed by atoms with Crippen molar-refractivity contribution in [3.8, 4) is 11.5 Å². The number of nitrogens with one attached hydrogen (secondary N) is 1. The van der Waals surface area contributed by atoms with Crippen LogP contribution in [0.5, 0.6) is 11.5 Å². The number of carbonyl (C=O) groups is 1. The second-order valence-electron chi connectivity index (χ2n) is 4.15. The summed E-state index contributed by atoms with van der Waals surface area (Å²) in [6.45, 7) is 0.392. The highest BCUT2D eigenvalue weighted by Crippen LogP contribution is 2.22. The summed E-state index contributed by atoms with van der Waals surface area (Å²) in [6.07, 6.45) is 2.69. The minimum atomic E-state index is -0.818. The molecule has 0 radical (unpaired) electrons. The third-order valence-electron chi connectivity index (χ3n) is 2.43. The molecule has 0 amide bonds. The molecule has 7 nitrogen and oxygen atoms in total. The summed E-state index contributed by atoms with van der Waals surface area (Å²) >= 11 is 4.58. The monoisotopic (exact) mass is 311 g/mol. The maximum atomic E-state index is 10.3. The SMILES string of the molecule is NC(=S)N/N=C/c1ccc(OCCCCC(=O)O)cc1O. The lowest BCUT2D eigenvalue weighted by atomic mass is 10.2. The molecule has 114 valence electrons. The molecule has 0 bridgehead atoms. The van der Waals surface area contributed by atoms with Crippen molar-refractivity contribution in [2.24, 2.45) is 10.8 Å². The summed E-state index contributed by atoms with van der Waals surface area (Å²) in [6, 6.07) is 4.77. The zero-order valence-electron chi connectivity index (χ0n) is 11.3. The zero-order valence-corrected chi connectivity index (χ0v) is 12.1. The average Bonchev–Trinajstić information content (AvgIpc) is 2.40. The fourth-order valence-corrected chi connectivity index (χ4v) is 1.51. The van der Waals surface area contributed by atoms with E-state index < -0.39 is 5.97 Å². The Labute approximate surface area is 127 Å². The van der Waals surface area contributed by atoms with Gasteiger partial charge in [-0.05, 0) is 37.2 Å². The molecule has 0 unspecified atom stereocenters. The first kappa shape index (κ1) is 16.7. The summed E-state index contributed by atoms with van der Waals surface area (Å²) in [5.74, 6) is -0.310. The van der Waals surface area contributed by atoms with Crippen LogP contribution in [0.4, 0.5) is 0 Å². The van der Waals surface area contributed by atoms with Crippen LogP contribution in [0.1, 0.15) is 24.8 Å². The van der Waals surface area contributed by atoms with Gasteiger partial charge in [0, 0.05) is 18.1 Å². The molecule has 0 aromatic heterocycles. The van der Waals surface area contributed by atoms with Gasteiger partial charge in [-0.2, -0.15) is 5.10 Å². The number of hydrogen-bond acceptors (Lipinski definition) is 5. The van der Waals surface area contributed by atoms with Crippen molar-refractivity contribution in [1.29, 1.82) is 0 Å². The molecule has 0 aliphatic rings. The standard InChI is InChI=1S/C13H17N3O4S/c14-13(21)16-15-8-9-4-5-10(7-11(9)17)20-6-2-1-3-12(18)19/h4-5,7-8,17H,1-3,6H2,(H,18,19)(H3,14,16,21)/b15-8+. The Morgan fingerprint density at radius 1 is 1.48 bits per heavy atom. The first-order valence-electron chi connectivity index (χ1n) is 6.25. The third-order valence-corrected chi connectivity index (χ3v) is 2.53. The number of hydrazone groups is 1. The minimum Gasteiger partial charge on any atom is -0.507 e. The molecule has 0 saturated carbocycles.